The average Bonchev–Trinajstić information content (AvgIpc) is 2.99. The molecule has 0 bridgehead atoms. The van der Waals surface area contributed by atoms with E-state index in [0.717, 1.165) is 0 Å². The van der Waals surface area contributed by atoms with Crippen molar-refractivity contribution in [3.8, 4) is 0 Å². The monoisotopic (exact) mass is 282 g/mol. The van der Waals surface area contributed by atoms with Gasteiger partial charge in [-0.15, -0.1) is 0 Å². The minimum absolute atomic E-state index is 0.431. The molecule has 0 aliphatic carbocycles. The van der Waals surface area contributed by atoms with Crippen molar-refractivity contribution in [3.63, 3.8) is 0 Å². The lowest BCUT2D eigenvalue weighted by atomic mass is 9.76. The van der Waals surface area contributed by atoms with E-state index in [4.69, 9.17) is 0 Å². The molecule has 1 atom stereocenters. The molecule has 1 heteroatoms. The van der Waals surface area contributed by atoms with Crippen molar-refractivity contribution in [2.45, 2.75) is 31.1 Å². The normalized spacial score (nSPS) is 22.0. The fourth-order valence-electron chi connectivity index (χ4n) is 3.24. The Balaban J connectivity index is 1.66. The predicted octanol–water partition coefficient (Wildman–Crippen LogP) is 5.08. The van der Waals surface area contributed by atoms with Crippen LogP contribution in [0.5, 0.6) is 0 Å². The fourth-order valence-corrected chi connectivity index (χ4v) is 4.77. The van der Waals surface area contributed by atoms with E-state index < -0.39 is 0 Å². The van der Waals surface area contributed by atoms with Gasteiger partial charge in [-0.1, -0.05) is 60.7 Å². The summed E-state index contributed by atoms with van der Waals surface area (Å²) in [7, 11) is 0. The van der Waals surface area contributed by atoms with Crippen molar-refractivity contribution in [3.05, 3.63) is 71.8 Å². The molecule has 104 valence electrons. The van der Waals surface area contributed by atoms with E-state index in [9.17, 15) is 0 Å². The van der Waals surface area contributed by atoms with Crippen LogP contribution in [0.1, 0.15) is 30.4 Å². The predicted molar refractivity (Wildman–Crippen MR) is 89.4 cm³/mol. The molecule has 1 aliphatic rings. The number of hydrogen-bond donors (Lipinski definition) is 0. The fraction of sp³-hybridized carbons (Fsp3) is 0.368. The number of thioether (sulfide) groups is 1. The lowest BCUT2D eigenvalue weighted by Gasteiger charge is -2.29. The first-order valence-electron chi connectivity index (χ1n) is 7.56. The van der Waals surface area contributed by atoms with E-state index in [2.05, 4.69) is 72.4 Å². The second-order valence-corrected chi connectivity index (χ2v) is 6.89. The zero-order chi connectivity index (χ0) is 13.7. The molecule has 1 aliphatic heterocycles. The van der Waals surface area contributed by atoms with Gasteiger partial charge in [-0.3, -0.25) is 0 Å². The Bertz CT molecular complexity index is 512. The van der Waals surface area contributed by atoms with Crippen molar-refractivity contribution in [1.82, 2.24) is 0 Å². The van der Waals surface area contributed by atoms with Gasteiger partial charge in [0, 0.05) is 11.2 Å². The van der Waals surface area contributed by atoms with Crippen molar-refractivity contribution in [2.75, 3.05) is 11.5 Å². The van der Waals surface area contributed by atoms with Crippen molar-refractivity contribution in [1.29, 1.82) is 0 Å². The highest BCUT2D eigenvalue weighted by atomic mass is 32.2. The Hall–Kier alpha value is -1.21. The first-order chi connectivity index (χ1) is 9.89. The van der Waals surface area contributed by atoms with E-state index in [1.165, 1.54) is 42.8 Å². The second-order valence-electron chi connectivity index (χ2n) is 5.79. The highest BCUT2D eigenvalue weighted by Gasteiger charge is 2.35. The van der Waals surface area contributed by atoms with E-state index in [-0.39, 0.29) is 0 Å². The van der Waals surface area contributed by atoms with Crippen LogP contribution in [0.4, 0.5) is 0 Å². The summed E-state index contributed by atoms with van der Waals surface area (Å²) in [6.07, 6.45) is 5.16. The molecule has 2 aromatic rings. The molecule has 0 amide bonds. The van der Waals surface area contributed by atoms with Crippen LogP contribution in [0.25, 0.3) is 0 Å². The molecule has 1 heterocycles. The molecular weight excluding hydrogens is 260 g/mol. The van der Waals surface area contributed by atoms with Gasteiger partial charge in [0.15, 0.2) is 0 Å². The smallest absolute Gasteiger partial charge is 0.00515 e. The lowest BCUT2D eigenvalue weighted by molar-refractivity contribution is 0.430. The molecule has 0 aromatic heterocycles. The standard InChI is InChI=1S/C19H22S/c1-3-8-17(9-4-1)10-7-13-19(14-15-20-16-19)18-11-5-2-6-12-18/h1-6,8-9,11-12H,7,10,13-16H2. The largest absolute Gasteiger partial charge is 0.161 e. The van der Waals surface area contributed by atoms with Crippen LogP contribution in [-0.2, 0) is 11.8 Å². The molecule has 0 saturated carbocycles. The Morgan fingerprint density at radius 3 is 2.25 bits per heavy atom. The molecule has 2 aromatic carbocycles. The Morgan fingerprint density at radius 1 is 0.900 bits per heavy atom. The Morgan fingerprint density at radius 2 is 1.60 bits per heavy atom. The summed E-state index contributed by atoms with van der Waals surface area (Å²) in [5.74, 6) is 2.62. The van der Waals surface area contributed by atoms with E-state index >= 15 is 0 Å². The molecule has 3 rings (SSSR count). The van der Waals surface area contributed by atoms with Gasteiger partial charge in [-0.25, -0.2) is 0 Å². The number of benzene rings is 2. The zero-order valence-electron chi connectivity index (χ0n) is 11.9. The first-order valence-corrected chi connectivity index (χ1v) is 8.72. The van der Waals surface area contributed by atoms with E-state index in [1.54, 1.807) is 5.56 Å². The molecule has 1 fully saturated rings. The van der Waals surface area contributed by atoms with Gasteiger partial charge in [0.05, 0.1) is 0 Å². The van der Waals surface area contributed by atoms with Crippen molar-refractivity contribution in [2.24, 2.45) is 0 Å². The third-order valence-corrected chi connectivity index (χ3v) is 5.70. The van der Waals surface area contributed by atoms with Crippen LogP contribution in [0.15, 0.2) is 60.7 Å². The molecule has 0 spiro atoms. The summed E-state index contributed by atoms with van der Waals surface area (Å²) in [6, 6.07) is 22.1. The number of aryl methyl sites for hydroxylation is 1. The molecule has 20 heavy (non-hydrogen) atoms. The molecule has 0 N–H and O–H groups in total. The summed E-state index contributed by atoms with van der Waals surface area (Å²) in [5, 5.41) is 0. The van der Waals surface area contributed by atoms with Gasteiger partial charge in [0.1, 0.15) is 0 Å². The van der Waals surface area contributed by atoms with E-state index in [0.29, 0.717) is 5.41 Å². The Kier molecular flexibility index (Phi) is 4.47. The van der Waals surface area contributed by atoms with Crippen molar-refractivity contribution < 1.29 is 0 Å². The van der Waals surface area contributed by atoms with Gasteiger partial charge in [-0.05, 0) is 42.6 Å². The number of hydrogen-bond acceptors (Lipinski definition) is 1. The second kappa shape index (κ2) is 6.49. The van der Waals surface area contributed by atoms with Gasteiger partial charge >= 0.3 is 0 Å². The first kappa shape index (κ1) is 13.8. The molecule has 1 saturated heterocycles. The summed E-state index contributed by atoms with van der Waals surface area (Å²) in [5.41, 5.74) is 3.46. The van der Waals surface area contributed by atoms with Gasteiger partial charge in [-0.2, -0.15) is 11.8 Å². The van der Waals surface area contributed by atoms with Crippen LogP contribution in [0.2, 0.25) is 0 Å². The molecule has 0 nitrogen and oxygen atoms in total. The minimum atomic E-state index is 0.431. The maximum absolute atomic E-state index is 2.33. The molecular formula is C19H22S. The summed E-state index contributed by atoms with van der Waals surface area (Å²) in [4.78, 5) is 0. The topological polar surface area (TPSA) is 0 Å². The Labute approximate surface area is 126 Å². The molecule has 0 radical (unpaired) electrons. The average molecular weight is 282 g/mol. The maximum Gasteiger partial charge on any atom is 0.00515 e. The van der Waals surface area contributed by atoms with E-state index in [1.807, 2.05) is 0 Å². The summed E-state index contributed by atoms with van der Waals surface area (Å²) >= 11 is 2.12. The van der Waals surface area contributed by atoms with Crippen LogP contribution in [0.3, 0.4) is 0 Å². The van der Waals surface area contributed by atoms with Gasteiger partial charge in [0.2, 0.25) is 0 Å². The third-order valence-electron chi connectivity index (χ3n) is 4.45. The summed E-state index contributed by atoms with van der Waals surface area (Å²) in [6.45, 7) is 0. The highest BCUT2D eigenvalue weighted by Crippen LogP contribution is 2.42. The van der Waals surface area contributed by atoms with Crippen LogP contribution in [-0.4, -0.2) is 11.5 Å². The third kappa shape index (κ3) is 3.09. The molecule has 1 unspecified atom stereocenters. The zero-order valence-corrected chi connectivity index (χ0v) is 12.7. The van der Waals surface area contributed by atoms with Crippen LogP contribution >= 0.6 is 11.8 Å². The van der Waals surface area contributed by atoms with Crippen LogP contribution < -0.4 is 0 Å². The highest BCUT2D eigenvalue weighted by molar-refractivity contribution is 7.99. The maximum atomic E-state index is 2.33. The number of rotatable bonds is 5. The quantitative estimate of drug-likeness (QED) is 0.736. The van der Waals surface area contributed by atoms with Gasteiger partial charge < -0.3 is 0 Å². The summed E-state index contributed by atoms with van der Waals surface area (Å²) < 4.78 is 0. The SMILES string of the molecule is c1ccc(CCCC2(c3ccccc3)CCSC2)cc1. The lowest BCUT2D eigenvalue weighted by Crippen LogP contribution is -2.25. The van der Waals surface area contributed by atoms with Crippen molar-refractivity contribution >= 4 is 11.8 Å². The minimum Gasteiger partial charge on any atom is -0.161 e. The van der Waals surface area contributed by atoms with Gasteiger partial charge in [0.25, 0.3) is 0 Å². The van der Waals surface area contributed by atoms with Crippen LogP contribution in [0, 0.1) is 0 Å².